The Morgan fingerprint density at radius 3 is 2.11 bits per heavy atom. The highest BCUT2D eigenvalue weighted by atomic mass is 35.5. The van der Waals surface area contributed by atoms with Crippen LogP contribution in [0.15, 0.2) is 84.9 Å². The zero-order valence-electron chi connectivity index (χ0n) is 19.6. The Morgan fingerprint density at radius 2 is 1.45 bits per heavy atom. The summed E-state index contributed by atoms with van der Waals surface area (Å²) in [5.74, 6) is -2.32. The first-order chi connectivity index (χ1) is 18.2. The van der Waals surface area contributed by atoms with Crippen molar-refractivity contribution >= 4 is 58.0 Å². The predicted octanol–water partition coefficient (Wildman–Crippen LogP) is 5.78. The lowest BCUT2D eigenvalue weighted by Crippen LogP contribution is -2.42. The Labute approximate surface area is 227 Å². The third kappa shape index (κ3) is 4.40. The van der Waals surface area contributed by atoms with Crippen LogP contribution in [0.4, 0.5) is 17.1 Å². The molecule has 4 aromatic rings. The Hall–Kier alpha value is -4.53. The van der Waals surface area contributed by atoms with E-state index in [-0.39, 0.29) is 26.7 Å². The molecule has 1 aliphatic rings. The van der Waals surface area contributed by atoms with E-state index in [2.05, 4.69) is 16.0 Å². The first-order valence-electron chi connectivity index (χ1n) is 11.4. The average molecular weight is 547 g/mol. The SMILES string of the molecule is NC(=O)c1ccc(C2(c3c(Cl)cccc3Cl)Nc3ccc(C(=O)O)cc3N2)c(C(=O)Nc2ccccc2)c1. The van der Waals surface area contributed by atoms with E-state index in [0.717, 1.165) is 0 Å². The molecule has 10 heteroatoms. The lowest BCUT2D eigenvalue weighted by Gasteiger charge is -2.35. The van der Waals surface area contributed by atoms with Crippen LogP contribution in [-0.4, -0.2) is 22.9 Å². The zero-order chi connectivity index (χ0) is 27.0. The first kappa shape index (κ1) is 25.1. The molecule has 2 amide bonds. The predicted molar refractivity (Wildman–Crippen MR) is 147 cm³/mol. The van der Waals surface area contributed by atoms with Gasteiger partial charge < -0.3 is 26.8 Å². The van der Waals surface area contributed by atoms with E-state index < -0.39 is 23.4 Å². The number of fused-ring (bicyclic) bond motifs is 1. The van der Waals surface area contributed by atoms with Crippen molar-refractivity contribution in [3.63, 3.8) is 0 Å². The summed E-state index contributed by atoms with van der Waals surface area (Å²) in [7, 11) is 0. The van der Waals surface area contributed by atoms with E-state index in [0.29, 0.717) is 28.2 Å². The maximum Gasteiger partial charge on any atom is 0.335 e. The van der Waals surface area contributed by atoms with E-state index in [4.69, 9.17) is 28.9 Å². The molecule has 0 saturated heterocycles. The fourth-order valence-corrected chi connectivity index (χ4v) is 5.19. The molecule has 1 heterocycles. The number of para-hydroxylation sites is 1. The number of amides is 2. The van der Waals surface area contributed by atoms with Gasteiger partial charge in [-0.05, 0) is 54.6 Å². The molecule has 6 N–H and O–H groups in total. The summed E-state index contributed by atoms with van der Waals surface area (Å²) in [5.41, 5.74) is 6.75. The summed E-state index contributed by atoms with van der Waals surface area (Å²) in [5, 5.41) is 19.6. The quantitative estimate of drug-likeness (QED) is 0.208. The lowest BCUT2D eigenvalue weighted by molar-refractivity contribution is 0.0696. The molecule has 8 nitrogen and oxygen atoms in total. The van der Waals surface area contributed by atoms with Gasteiger partial charge in [0.05, 0.1) is 16.9 Å². The van der Waals surface area contributed by atoms with Gasteiger partial charge in [-0.2, -0.15) is 0 Å². The number of halogens is 2. The molecular formula is C28H20Cl2N4O4. The number of aromatic carboxylic acids is 1. The molecule has 5 rings (SSSR count). The maximum absolute atomic E-state index is 13.7. The Kier molecular flexibility index (Phi) is 6.44. The minimum absolute atomic E-state index is 0.0604. The van der Waals surface area contributed by atoms with Gasteiger partial charge >= 0.3 is 5.97 Å². The molecule has 0 aromatic heterocycles. The lowest BCUT2D eigenvalue weighted by atomic mass is 9.86. The van der Waals surface area contributed by atoms with Crippen LogP contribution >= 0.6 is 23.2 Å². The number of carboxylic acids is 1. The highest BCUT2D eigenvalue weighted by Crippen LogP contribution is 2.49. The second-order valence-corrected chi connectivity index (χ2v) is 9.42. The van der Waals surface area contributed by atoms with Gasteiger partial charge in [-0.3, -0.25) is 9.59 Å². The van der Waals surface area contributed by atoms with Gasteiger partial charge in [0.2, 0.25) is 5.91 Å². The van der Waals surface area contributed by atoms with Crippen LogP contribution in [0.25, 0.3) is 0 Å². The van der Waals surface area contributed by atoms with Crippen LogP contribution in [0.2, 0.25) is 10.0 Å². The molecule has 4 aromatic carbocycles. The molecular weight excluding hydrogens is 527 g/mol. The molecule has 0 fully saturated rings. The van der Waals surface area contributed by atoms with E-state index in [9.17, 15) is 19.5 Å². The standard InChI is InChI=1S/C28H20Cl2N4O4/c29-20-7-4-8-21(30)24(20)28(33-22-12-10-16(27(37)38)14-23(22)34-28)19-11-9-15(25(31)35)13-18(19)26(36)32-17-5-2-1-3-6-17/h1-14,33-34H,(H2,31,35)(H,32,36)(H,37,38). The van der Waals surface area contributed by atoms with Gasteiger partial charge in [0.15, 0.2) is 5.66 Å². The second-order valence-electron chi connectivity index (χ2n) is 8.61. The topological polar surface area (TPSA) is 134 Å². The number of hydrogen-bond acceptors (Lipinski definition) is 5. The highest BCUT2D eigenvalue weighted by molar-refractivity contribution is 6.36. The summed E-state index contributed by atoms with van der Waals surface area (Å²) in [4.78, 5) is 37.4. The van der Waals surface area contributed by atoms with Gasteiger partial charge in [0, 0.05) is 38.0 Å². The average Bonchev–Trinajstić information content (AvgIpc) is 3.28. The van der Waals surface area contributed by atoms with E-state index >= 15 is 0 Å². The third-order valence-corrected chi connectivity index (χ3v) is 6.86. The van der Waals surface area contributed by atoms with Crippen LogP contribution in [0, 0.1) is 0 Å². The van der Waals surface area contributed by atoms with Crippen LogP contribution in [0.1, 0.15) is 42.2 Å². The van der Waals surface area contributed by atoms with Gasteiger partial charge in [-0.1, -0.05) is 53.5 Å². The molecule has 0 radical (unpaired) electrons. The van der Waals surface area contributed by atoms with Crippen molar-refractivity contribution < 1.29 is 19.5 Å². The monoisotopic (exact) mass is 546 g/mol. The molecule has 1 unspecified atom stereocenters. The van der Waals surface area contributed by atoms with Crippen LogP contribution < -0.4 is 21.7 Å². The largest absolute Gasteiger partial charge is 0.478 e. The number of hydrogen-bond donors (Lipinski definition) is 5. The van der Waals surface area contributed by atoms with Crippen LogP contribution in [-0.2, 0) is 5.66 Å². The summed E-state index contributed by atoms with van der Waals surface area (Å²) >= 11 is 13.4. The number of primary amides is 1. The number of nitrogens with one attached hydrogen (secondary N) is 3. The first-order valence-corrected chi connectivity index (χ1v) is 12.1. The molecule has 0 saturated carbocycles. The summed E-state index contributed by atoms with van der Waals surface area (Å²) < 4.78 is 0. The number of anilines is 3. The number of rotatable bonds is 6. The van der Waals surface area contributed by atoms with Crippen molar-refractivity contribution in [2.75, 3.05) is 16.0 Å². The van der Waals surface area contributed by atoms with Crippen molar-refractivity contribution in [1.82, 2.24) is 0 Å². The maximum atomic E-state index is 13.7. The smallest absolute Gasteiger partial charge is 0.335 e. The van der Waals surface area contributed by atoms with Crippen molar-refractivity contribution in [3.05, 3.63) is 123 Å². The summed E-state index contributed by atoms with van der Waals surface area (Å²) in [6, 6.07) is 22.8. The second kappa shape index (κ2) is 9.74. The van der Waals surface area contributed by atoms with Crippen molar-refractivity contribution in [3.8, 4) is 0 Å². The zero-order valence-corrected chi connectivity index (χ0v) is 21.1. The minimum atomic E-state index is -1.42. The molecule has 0 aliphatic carbocycles. The number of benzene rings is 4. The van der Waals surface area contributed by atoms with Gasteiger partial charge in [0.1, 0.15) is 0 Å². The van der Waals surface area contributed by atoms with Crippen LogP contribution in [0.5, 0.6) is 0 Å². The molecule has 190 valence electrons. The Balaban J connectivity index is 1.75. The van der Waals surface area contributed by atoms with E-state index in [1.807, 2.05) is 6.07 Å². The van der Waals surface area contributed by atoms with Crippen molar-refractivity contribution in [1.29, 1.82) is 0 Å². The number of carboxylic acid groups (broad SMARTS) is 1. The summed E-state index contributed by atoms with van der Waals surface area (Å²) in [6.45, 7) is 0. The fraction of sp³-hybridized carbons (Fsp3) is 0.0357. The highest BCUT2D eigenvalue weighted by Gasteiger charge is 2.45. The van der Waals surface area contributed by atoms with Crippen molar-refractivity contribution in [2.45, 2.75) is 5.66 Å². The van der Waals surface area contributed by atoms with Gasteiger partial charge in [-0.15, -0.1) is 0 Å². The Bertz CT molecular complexity index is 1590. The number of carbonyl (C=O) groups is 3. The molecule has 0 bridgehead atoms. The fourth-order valence-electron chi connectivity index (χ4n) is 4.51. The molecule has 0 spiro atoms. The minimum Gasteiger partial charge on any atom is -0.478 e. The van der Waals surface area contributed by atoms with Crippen LogP contribution in [0.3, 0.4) is 0 Å². The normalized spacial score (nSPS) is 15.6. The van der Waals surface area contributed by atoms with Gasteiger partial charge in [-0.25, -0.2) is 4.79 Å². The molecule has 1 atom stereocenters. The van der Waals surface area contributed by atoms with Gasteiger partial charge in [0.25, 0.3) is 5.91 Å². The third-order valence-electron chi connectivity index (χ3n) is 6.23. The van der Waals surface area contributed by atoms with Crippen molar-refractivity contribution in [2.24, 2.45) is 5.73 Å². The Morgan fingerprint density at radius 1 is 0.789 bits per heavy atom. The number of nitrogens with two attached hydrogens (primary N) is 1. The summed E-state index contributed by atoms with van der Waals surface area (Å²) in [6.07, 6.45) is 0. The number of carbonyl (C=O) groups excluding carboxylic acids is 2. The van der Waals surface area contributed by atoms with E-state index in [1.165, 1.54) is 24.3 Å². The molecule has 38 heavy (non-hydrogen) atoms. The molecule has 1 aliphatic heterocycles. The van der Waals surface area contributed by atoms with E-state index in [1.54, 1.807) is 54.6 Å².